The highest BCUT2D eigenvalue weighted by Crippen LogP contribution is 2.38. The molecule has 2 fully saturated rings. The first kappa shape index (κ1) is 26.0. The van der Waals surface area contributed by atoms with Crippen LogP contribution in [0.4, 0.5) is 13.2 Å². The van der Waals surface area contributed by atoms with Gasteiger partial charge in [-0.1, -0.05) is 6.92 Å². The van der Waals surface area contributed by atoms with Crippen LogP contribution in [0.3, 0.4) is 0 Å². The van der Waals surface area contributed by atoms with Crippen LogP contribution < -0.4 is 15.4 Å². The first-order valence-electron chi connectivity index (χ1n) is 12.9. The van der Waals surface area contributed by atoms with Gasteiger partial charge >= 0.3 is 0 Å². The van der Waals surface area contributed by atoms with E-state index in [2.05, 4.69) is 25.6 Å². The van der Waals surface area contributed by atoms with Crippen molar-refractivity contribution in [2.45, 2.75) is 70.6 Å². The Kier molecular flexibility index (Phi) is 7.27. The maximum absolute atomic E-state index is 14.7. The first-order valence-corrected chi connectivity index (χ1v) is 12.9. The first-order chi connectivity index (χ1) is 18.2. The average Bonchev–Trinajstić information content (AvgIpc) is 3.57. The quantitative estimate of drug-likeness (QED) is 0.370. The number of aromatic amines is 1. The normalized spacial score (nSPS) is 21.2. The molecule has 2 aliphatic rings. The summed E-state index contributed by atoms with van der Waals surface area (Å²) in [5, 5.41) is 5.53. The molecular formula is C27H30F3N5O3. The van der Waals surface area contributed by atoms with E-state index in [1.54, 1.807) is 13.8 Å². The molecule has 2 saturated carbocycles. The fourth-order valence-electron chi connectivity index (χ4n) is 4.91. The Morgan fingerprint density at radius 3 is 2.68 bits per heavy atom. The summed E-state index contributed by atoms with van der Waals surface area (Å²) >= 11 is 0. The number of H-pyrrole nitrogens is 1. The van der Waals surface area contributed by atoms with Crippen LogP contribution in [0.2, 0.25) is 0 Å². The van der Waals surface area contributed by atoms with Gasteiger partial charge in [0.2, 0.25) is 5.91 Å². The van der Waals surface area contributed by atoms with E-state index in [9.17, 15) is 22.8 Å². The Labute approximate surface area is 217 Å². The molecule has 3 aromatic rings. The minimum absolute atomic E-state index is 0.125. The number of hydrogen-bond donors (Lipinski definition) is 3. The number of hydrogen-bond acceptors (Lipinski definition) is 5. The molecule has 0 saturated heterocycles. The van der Waals surface area contributed by atoms with E-state index < -0.39 is 24.5 Å². The minimum Gasteiger partial charge on any atom is -0.493 e. The topological polar surface area (TPSA) is 109 Å². The summed E-state index contributed by atoms with van der Waals surface area (Å²) < 4.78 is 47.8. The van der Waals surface area contributed by atoms with Gasteiger partial charge in [0.25, 0.3) is 12.3 Å². The Balaban J connectivity index is 1.45. The van der Waals surface area contributed by atoms with Crippen molar-refractivity contribution >= 4 is 22.8 Å². The lowest BCUT2D eigenvalue weighted by Crippen LogP contribution is -2.39. The lowest BCUT2D eigenvalue weighted by Gasteiger charge is -2.15. The van der Waals surface area contributed by atoms with Crippen LogP contribution in [-0.4, -0.2) is 51.6 Å². The lowest BCUT2D eigenvalue weighted by molar-refractivity contribution is -0.121. The van der Waals surface area contributed by atoms with Crippen molar-refractivity contribution in [3.63, 3.8) is 0 Å². The number of amides is 2. The summed E-state index contributed by atoms with van der Waals surface area (Å²) in [4.78, 5) is 36.8. The van der Waals surface area contributed by atoms with E-state index in [-0.39, 0.29) is 35.9 Å². The summed E-state index contributed by atoms with van der Waals surface area (Å²) in [6.07, 6.45) is 0.134. The molecule has 0 bridgehead atoms. The fourth-order valence-corrected chi connectivity index (χ4v) is 4.91. The lowest BCUT2D eigenvalue weighted by atomic mass is 10.0. The van der Waals surface area contributed by atoms with E-state index in [1.807, 2.05) is 0 Å². The Morgan fingerprint density at radius 2 is 1.97 bits per heavy atom. The Hall–Kier alpha value is -3.63. The SMILES string of the molecule is CCC(=O)N[C@H]1C[C@@H](F)[C@H](NC(=O)c2c(C)[nH]c3c(-c4cc(C(F)F)ccc4OCC4CC4)ncnc23)C1. The largest absolute Gasteiger partial charge is 0.493 e. The van der Waals surface area contributed by atoms with Crippen LogP contribution in [0.15, 0.2) is 24.5 Å². The van der Waals surface area contributed by atoms with Gasteiger partial charge in [-0.05, 0) is 50.3 Å². The van der Waals surface area contributed by atoms with Crippen LogP contribution in [0.5, 0.6) is 5.75 Å². The van der Waals surface area contributed by atoms with Gasteiger partial charge in [-0.25, -0.2) is 23.1 Å². The molecule has 1 aromatic carbocycles. The molecule has 5 rings (SSSR count). The van der Waals surface area contributed by atoms with Crippen molar-refractivity contribution in [1.29, 1.82) is 0 Å². The van der Waals surface area contributed by atoms with E-state index in [1.165, 1.54) is 24.5 Å². The van der Waals surface area contributed by atoms with Gasteiger partial charge in [-0.15, -0.1) is 0 Å². The third kappa shape index (κ3) is 5.32. The molecule has 2 aromatic heterocycles. The third-order valence-corrected chi connectivity index (χ3v) is 7.17. The molecule has 0 unspecified atom stereocenters. The van der Waals surface area contributed by atoms with Gasteiger partial charge in [0.1, 0.15) is 29.5 Å². The van der Waals surface area contributed by atoms with Crippen molar-refractivity contribution in [3.05, 3.63) is 41.3 Å². The van der Waals surface area contributed by atoms with Crippen LogP contribution in [0.1, 0.15) is 67.1 Å². The number of aryl methyl sites for hydroxylation is 1. The number of nitrogens with one attached hydrogen (secondary N) is 3. The molecule has 11 heteroatoms. The molecule has 3 N–H and O–H groups in total. The second-order valence-electron chi connectivity index (χ2n) is 10.1. The highest BCUT2D eigenvalue weighted by atomic mass is 19.3. The van der Waals surface area contributed by atoms with Crippen molar-refractivity contribution < 1.29 is 27.5 Å². The summed E-state index contributed by atoms with van der Waals surface area (Å²) in [7, 11) is 0. The van der Waals surface area contributed by atoms with E-state index in [0.717, 1.165) is 12.8 Å². The zero-order chi connectivity index (χ0) is 27.0. The van der Waals surface area contributed by atoms with E-state index in [4.69, 9.17) is 4.74 Å². The average molecular weight is 530 g/mol. The summed E-state index contributed by atoms with van der Waals surface area (Å²) in [5.74, 6) is 0.198. The van der Waals surface area contributed by atoms with Crippen molar-refractivity contribution in [1.82, 2.24) is 25.6 Å². The number of alkyl halides is 3. The molecule has 8 nitrogen and oxygen atoms in total. The monoisotopic (exact) mass is 529 g/mol. The van der Waals surface area contributed by atoms with Gasteiger partial charge in [-0.3, -0.25) is 9.59 Å². The zero-order valence-corrected chi connectivity index (χ0v) is 21.2. The molecule has 2 heterocycles. The van der Waals surface area contributed by atoms with Crippen LogP contribution >= 0.6 is 0 Å². The van der Waals surface area contributed by atoms with Crippen molar-refractivity contribution in [2.24, 2.45) is 5.92 Å². The van der Waals surface area contributed by atoms with Crippen molar-refractivity contribution in [2.75, 3.05) is 6.61 Å². The molecule has 0 aliphatic heterocycles. The highest BCUT2D eigenvalue weighted by molar-refractivity contribution is 6.09. The molecular weight excluding hydrogens is 499 g/mol. The van der Waals surface area contributed by atoms with Gasteiger partial charge in [0.15, 0.2) is 0 Å². The number of nitrogens with zero attached hydrogens (tertiary/aromatic N) is 2. The number of fused-ring (bicyclic) bond motifs is 1. The highest BCUT2D eigenvalue weighted by Gasteiger charge is 2.37. The second-order valence-corrected chi connectivity index (χ2v) is 10.1. The maximum atomic E-state index is 14.7. The smallest absolute Gasteiger partial charge is 0.263 e. The number of benzene rings is 1. The number of carbonyl (C=O) groups is 2. The minimum atomic E-state index is -2.68. The number of ether oxygens (including phenoxy) is 1. The summed E-state index contributed by atoms with van der Waals surface area (Å²) in [6.45, 7) is 3.89. The number of carbonyl (C=O) groups excluding carboxylic acids is 2. The van der Waals surface area contributed by atoms with Gasteiger partial charge in [0.05, 0.1) is 23.7 Å². The second kappa shape index (κ2) is 10.6. The predicted molar refractivity (Wildman–Crippen MR) is 135 cm³/mol. The summed E-state index contributed by atoms with van der Waals surface area (Å²) in [5.41, 5.74) is 1.93. The predicted octanol–water partition coefficient (Wildman–Crippen LogP) is 4.78. The maximum Gasteiger partial charge on any atom is 0.263 e. The van der Waals surface area contributed by atoms with Crippen LogP contribution in [0.25, 0.3) is 22.3 Å². The Morgan fingerprint density at radius 1 is 1.18 bits per heavy atom. The molecule has 0 radical (unpaired) electrons. The van der Waals surface area contributed by atoms with Crippen LogP contribution in [0, 0.1) is 12.8 Å². The van der Waals surface area contributed by atoms with Gasteiger partial charge in [0, 0.05) is 35.7 Å². The molecule has 3 atom stereocenters. The molecule has 2 amide bonds. The zero-order valence-electron chi connectivity index (χ0n) is 21.2. The van der Waals surface area contributed by atoms with Gasteiger partial charge < -0.3 is 20.4 Å². The standard InChI is InChI=1S/C27H30F3N5O3/c1-3-21(36)34-16-9-18(28)19(10-16)35-27(37)22-13(2)33-25-23(31-12-32-24(22)25)17-8-15(26(29)30)6-7-20(17)38-11-14-4-5-14/h6-8,12,14,16,18-19,26,33H,3-5,9-11H2,1-2H3,(H,34,36)(H,35,37)/t16-,18+,19+/m0/s1. The van der Waals surface area contributed by atoms with Crippen molar-refractivity contribution in [3.8, 4) is 17.0 Å². The van der Waals surface area contributed by atoms with Gasteiger partial charge in [-0.2, -0.15) is 0 Å². The molecule has 0 spiro atoms. The van der Waals surface area contributed by atoms with Crippen LogP contribution in [-0.2, 0) is 4.79 Å². The number of aromatic nitrogens is 3. The Bertz CT molecular complexity index is 1360. The van der Waals surface area contributed by atoms with E-state index in [0.29, 0.717) is 52.7 Å². The molecule has 38 heavy (non-hydrogen) atoms. The van der Waals surface area contributed by atoms with E-state index >= 15 is 0 Å². The third-order valence-electron chi connectivity index (χ3n) is 7.17. The fraction of sp³-hybridized carbons (Fsp3) is 0.481. The number of rotatable bonds is 9. The molecule has 202 valence electrons. The summed E-state index contributed by atoms with van der Waals surface area (Å²) in [6, 6.07) is 3.09. The number of halogens is 3. The molecule has 2 aliphatic carbocycles.